The lowest BCUT2D eigenvalue weighted by atomic mass is 9.96. The van der Waals surface area contributed by atoms with Gasteiger partial charge in [-0.2, -0.15) is 0 Å². The van der Waals surface area contributed by atoms with Gasteiger partial charge in [0.2, 0.25) is 0 Å². The van der Waals surface area contributed by atoms with E-state index in [1.807, 2.05) is 30.3 Å². The second-order valence-electron chi connectivity index (χ2n) is 9.17. The first-order chi connectivity index (χ1) is 15.6. The summed E-state index contributed by atoms with van der Waals surface area (Å²) in [6.45, 7) is 10.2. The molecule has 0 unspecified atom stereocenters. The van der Waals surface area contributed by atoms with Gasteiger partial charge in [-0.3, -0.25) is 0 Å². The standard InChI is InChI=1S/C27H37NO5/c1-6-8-9-16-32-22-14-15-23(20(7-2)18-22)21-12-10-19(11-13-21)17-24(25(29)30)28-26(31)33-27(3,4)5/h10-15,18,24H,6-9,16-17H2,1-5H3,(H,28,31)(H,29,30)/t24-/m0/s1. The Morgan fingerprint density at radius 1 is 1.03 bits per heavy atom. The molecule has 33 heavy (non-hydrogen) atoms. The third-order valence-electron chi connectivity index (χ3n) is 5.17. The minimum Gasteiger partial charge on any atom is -0.494 e. The van der Waals surface area contributed by atoms with Crippen molar-refractivity contribution in [2.45, 2.75) is 78.4 Å². The number of hydrogen-bond donors (Lipinski definition) is 2. The first kappa shape index (κ1) is 26.2. The molecule has 0 aliphatic rings. The van der Waals surface area contributed by atoms with E-state index in [-0.39, 0.29) is 6.42 Å². The minimum absolute atomic E-state index is 0.167. The molecule has 2 aromatic rings. The second-order valence-corrected chi connectivity index (χ2v) is 9.17. The Labute approximate surface area is 197 Å². The van der Waals surface area contributed by atoms with Crippen LogP contribution in [0.3, 0.4) is 0 Å². The summed E-state index contributed by atoms with van der Waals surface area (Å²) < 4.78 is 11.1. The zero-order valence-corrected chi connectivity index (χ0v) is 20.4. The molecule has 0 bridgehead atoms. The van der Waals surface area contributed by atoms with E-state index in [2.05, 4.69) is 31.3 Å². The molecule has 0 spiro atoms. The Balaban J connectivity index is 2.08. The van der Waals surface area contributed by atoms with Gasteiger partial charge in [-0.15, -0.1) is 0 Å². The molecule has 0 radical (unpaired) electrons. The molecule has 1 atom stereocenters. The summed E-state index contributed by atoms with van der Waals surface area (Å²) in [6.07, 6.45) is 3.70. The third kappa shape index (κ3) is 8.79. The summed E-state index contributed by atoms with van der Waals surface area (Å²) in [6, 6.07) is 12.9. The molecule has 0 aromatic heterocycles. The molecule has 0 heterocycles. The number of amides is 1. The van der Waals surface area contributed by atoms with Crippen molar-refractivity contribution in [2.24, 2.45) is 0 Å². The van der Waals surface area contributed by atoms with Crippen LogP contribution in [0.2, 0.25) is 0 Å². The van der Waals surface area contributed by atoms with Gasteiger partial charge in [0, 0.05) is 6.42 Å². The highest BCUT2D eigenvalue weighted by Gasteiger charge is 2.24. The molecule has 0 fully saturated rings. The number of unbranched alkanes of at least 4 members (excludes halogenated alkanes) is 2. The van der Waals surface area contributed by atoms with Crippen molar-refractivity contribution in [1.29, 1.82) is 0 Å². The molecule has 0 saturated heterocycles. The van der Waals surface area contributed by atoms with Crippen LogP contribution in [-0.4, -0.2) is 35.4 Å². The van der Waals surface area contributed by atoms with Gasteiger partial charge in [-0.1, -0.05) is 57.0 Å². The quantitative estimate of drug-likeness (QED) is 0.406. The number of carboxylic acids is 1. The van der Waals surface area contributed by atoms with Crippen molar-refractivity contribution in [3.8, 4) is 16.9 Å². The summed E-state index contributed by atoms with van der Waals surface area (Å²) in [7, 11) is 0. The van der Waals surface area contributed by atoms with E-state index in [0.29, 0.717) is 0 Å². The van der Waals surface area contributed by atoms with E-state index in [9.17, 15) is 14.7 Å². The van der Waals surface area contributed by atoms with E-state index >= 15 is 0 Å². The summed E-state index contributed by atoms with van der Waals surface area (Å²) in [4.78, 5) is 23.6. The smallest absolute Gasteiger partial charge is 0.408 e. The van der Waals surface area contributed by atoms with E-state index in [0.717, 1.165) is 41.9 Å². The van der Waals surface area contributed by atoms with Gasteiger partial charge >= 0.3 is 12.1 Å². The van der Waals surface area contributed by atoms with Crippen LogP contribution in [-0.2, 0) is 22.4 Å². The van der Waals surface area contributed by atoms with Crippen molar-refractivity contribution < 1.29 is 24.2 Å². The zero-order chi connectivity index (χ0) is 24.4. The Morgan fingerprint density at radius 2 is 1.73 bits per heavy atom. The number of alkyl carbamates (subject to hydrolysis) is 1. The van der Waals surface area contributed by atoms with Crippen molar-refractivity contribution in [3.05, 3.63) is 53.6 Å². The number of nitrogens with one attached hydrogen (secondary N) is 1. The number of aliphatic carboxylic acids is 1. The Hall–Kier alpha value is -3.02. The molecular formula is C27H37NO5. The monoisotopic (exact) mass is 455 g/mol. The number of rotatable bonds is 11. The number of aryl methyl sites for hydroxylation is 1. The molecule has 2 N–H and O–H groups in total. The van der Waals surface area contributed by atoms with Gasteiger partial charge in [0.1, 0.15) is 17.4 Å². The van der Waals surface area contributed by atoms with E-state index in [4.69, 9.17) is 9.47 Å². The molecule has 0 aliphatic carbocycles. The average Bonchev–Trinajstić information content (AvgIpc) is 2.75. The van der Waals surface area contributed by atoms with Gasteiger partial charge in [-0.05, 0) is 68.0 Å². The SMILES string of the molecule is CCCCCOc1ccc(-c2ccc(C[C@H](NC(=O)OC(C)(C)C)C(=O)O)cc2)c(CC)c1. The van der Waals surface area contributed by atoms with Crippen LogP contribution in [0.5, 0.6) is 5.75 Å². The lowest BCUT2D eigenvalue weighted by molar-refractivity contribution is -0.139. The molecule has 0 aliphatic heterocycles. The number of carbonyl (C=O) groups is 2. The molecule has 180 valence electrons. The third-order valence-corrected chi connectivity index (χ3v) is 5.17. The van der Waals surface area contributed by atoms with Crippen molar-refractivity contribution in [1.82, 2.24) is 5.32 Å². The fourth-order valence-corrected chi connectivity index (χ4v) is 3.48. The summed E-state index contributed by atoms with van der Waals surface area (Å²) in [5, 5.41) is 12.0. The van der Waals surface area contributed by atoms with Gasteiger partial charge in [0.05, 0.1) is 6.61 Å². The van der Waals surface area contributed by atoms with Crippen LogP contribution in [0.15, 0.2) is 42.5 Å². The predicted octanol–water partition coefficient (Wildman–Crippen LogP) is 6.01. The van der Waals surface area contributed by atoms with Crippen molar-refractivity contribution in [2.75, 3.05) is 6.61 Å². The molecule has 0 saturated carbocycles. The number of carboxylic acid groups (broad SMARTS) is 1. The van der Waals surface area contributed by atoms with Gasteiger partial charge in [0.25, 0.3) is 0 Å². The first-order valence-electron chi connectivity index (χ1n) is 11.7. The fraction of sp³-hybridized carbons (Fsp3) is 0.481. The van der Waals surface area contributed by atoms with E-state index in [1.165, 1.54) is 18.4 Å². The maximum absolute atomic E-state index is 12.0. The van der Waals surface area contributed by atoms with Crippen LogP contribution in [0, 0.1) is 0 Å². The maximum Gasteiger partial charge on any atom is 0.408 e. The normalized spacial score (nSPS) is 12.2. The largest absolute Gasteiger partial charge is 0.494 e. The van der Waals surface area contributed by atoms with Crippen LogP contribution in [0.25, 0.3) is 11.1 Å². The number of benzene rings is 2. The number of ether oxygens (including phenoxy) is 2. The van der Waals surface area contributed by atoms with Crippen LogP contribution in [0.1, 0.15) is 65.0 Å². The highest BCUT2D eigenvalue weighted by molar-refractivity contribution is 5.80. The Bertz CT molecular complexity index is 915. The number of hydrogen-bond acceptors (Lipinski definition) is 4. The highest BCUT2D eigenvalue weighted by Crippen LogP contribution is 2.28. The van der Waals surface area contributed by atoms with Gasteiger partial charge in [0.15, 0.2) is 0 Å². The maximum atomic E-state index is 12.0. The Morgan fingerprint density at radius 3 is 2.30 bits per heavy atom. The van der Waals surface area contributed by atoms with E-state index < -0.39 is 23.7 Å². The lowest BCUT2D eigenvalue weighted by Crippen LogP contribution is -2.44. The van der Waals surface area contributed by atoms with Crippen LogP contribution >= 0.6 is 0 Å². The topological polar surface area (TPSA) is 84.9 Å². The summed E-state index contributed by atoms with van der Waals surface area (Å²) in [5.41, 5.74) is 3.51. The lowest BCUT2D eigenvalue weighted by Gasteiger charge is -2.22. The minimum atomic E-state index is -1.10. The van der Waals surface area contributed by atoms with Gasteiger partial charge < -0.3 is 19.9 Å². The van der Waals surface area contributed by atoms with Crippen molar-refractivity contribution >= 4 is 12.1 Å². The molecule has 2 aromatic carbocycles. The molecule has 6 heteroatoms. The zero-order valence-electron chi connectivity index (χ0n) is 20.4. The summed E-state index contributed by atoms with van der Waals surface area (Å²) in [5.74, 6) is -0.214. The molecule has 1 amide bonds. The highest BCUT2D eigenvalue weighted by atomic mass is 16.6. The fourth-order valence-electron chi connectivity index (χ4n) is 3.48. The van der Waals surface area contributed by atoms with Crippen molar-refractivity contribution in [3.63, 3.8) is 0 Å². The van der Waals surface area contributed by atoms with Gasteiger partial charge in [-0.25, -0.2) is 9.59 Å². The summed E-state index contributed by atoms with van der Waals surface area (Å²) >= 11 is 0. The van der Waals surface area contributed by atoms with Crippen LogP contribution < -0.4 is 10.1 Å². The van der Waals surface area contributed by atoms with E-state index in [1.54, 1.807) is 20.8 Å². The molecule has 6 nitrogen and oxygen atoms in total. The Kier molecular flexibility index (Phi) is 9.76. The first-order valence-corrected chi connectivity index (χ1v) is 11.7. The average molecular weight is 456 g/mol. The molecule has 2 rings (SSSR count). The predicted molar refractivity (Wildman–Crippen MR) is 131 cm³/mol. The van der Waals surface area contributed by atoms with Crippen LogP contribution in [0.4, 0.5) is 4.79 Å². The second kappa shape index (κ2) is 12.3. The molecular weight excluding hydrogens is 418 g/mol. The number of carbonyl (C=O) groups excluding carboxylic acids is 1.